The number of amides is 1. The SMILES string of the molecule is Cc1cccc(-n2c(=O)n(C3CCN(C(=O)C4CCN(CC(C=CN)=C[NH3+])CC4)C3)c3ccc(F)cc32)n1. The number of benzene rings is 1. The Kier molecular flexibility index (Phi) is 7.44. The van der Waals surface area contributed by atoms with Crippen molar-refractivity contribution < 1.29 is 14.9 Å². The Labute approximate surface area is 220 Å². The lowest BCUT2D eigenvalue weighted by molar-refractivity contribution is -0.276. The molecule has 2 aromatic heterocycles. The number of carbonyl (C=O) groups is 1. The first-order valence-electron chi connectivity index (χ1n) is 13.1. The predicted octanol–water partition coefficient (Wildman–Crippen LogP) is 1.72. The van der Waals surface area contributed by atoms with Gasteiger partial charge in [-0.2, -0.15) is 0 Å². The smallest absolute Gasteiger partial charge is 0.335 e. The number of nitrogens with zero attached hydrogens (tertiary/aromatic N) is 5. The molecule has 0 bridgehead atoms. The molecule has 1 aromatic carbocycles. The Hall–Kier alpha value is -3.76. The van der Waals surface area contributed by atoms with Gasteiger partial charge in [-0.1, -0.05) is 6.07 Å². The molecule has 3 aromatic rings. The van der Waals surface area contributed by atoms with Crippen LogP contribution in [0.5, 0.6) is 0 Å². The van der Waals surface area contributed by atoms with E-state index in [0.29, 0.717) is 36.4 Å². The number of aromatic nitrogens is 3. The van der Waals surface area contributed by atoms with Crippen LogP contribution >= 0.6 is 0 Å². The molecule has 5 rings (SSSR count). The van der Waals surface area contributed by atoms with Crippen molar-refractivity contribution >= 4 is 16.9 Å². The third kappa shape index (κ3) is 5.01. The zero-order valence-corrected chi connectivity index (χ0v) is 21.7. The lowest BCUT2D eigenvalue weighted by Crippen LogP contribution is -2.44. The van der Waals surface area contributed by atoms with Crippen LogP contribution in [0.2, 0.25) is 0 Å². The van der Waals surface area contributed by atoms with Crippen LogP contribution < -0.4 is 17.2 Å². The van der Waals surface area contributed by atoms with Crippen molar-refractivity contribution in [1.29, 1.82) is 0 Å². The molecule has 2 saturated heterocycles. The van der Waals surface area contributed by atoms with E-state index in [0.717, 1.165) is 43.7 Å². The average molecular weight is 521 g/mol. The van der Waals surface area contributed by atoms with E-state index in [-0.39, 0.29) is 23.6 Å². The summed E-state index contributed by atoms with van der Waals surface area (Å²) in [6.07, 6.45) is 7.46. The maximum absolute atomic E-state index is 14.2. The van der Waals surface area contributed by atoms with Crippen LogP contribution in [0.1, 0.15) is 31.0 Å². The summed E-state index contributed by atoms with van der Waals surface area (Å²) in [6.45, 7) is 5.37. The van der Waals surface area contributed by atoms with Gasteiger partial charge in [0.2, 0.25) is 5.91 Å². The molecule has 2 aliphatic heterocycles. The second-order valence-corrected chi connectivity index (χ2v) is 10.2. The van der Waals surface area contributed by atoms with Crippen molar-refractivity contribution in [3.05, 3.63) is 82.4 Å². The summed E-state index contributed by atoms with van der Waals surface area (Å²) < 4.78 is 17.4. The number of fused-ring (bicyclic) bond motifs is 1. The Bertz CT molecular complexity index is 1450. The van der Waals surface area contributed by atoms with Gasteiger partial charge in [0.25, 0.3) is 0 Å². The van der Waals surface area contributed by atoms with Gasteiger partial charge in [0.05, 0.1) is 23.3 Å². The van der Waals surface area contributed by atoms with Crippen LogP contribution in [0.4, 0.5) is 4.39 Å². The van der Waals surface area contributed by atoms with E-state index in [1.165, 1.54) is 22.9 Å². The summed E-state index contributed by atoms with van der Waals surface area (Å²) in [5, 5.41) is 0. The van der Waals surface area contributed by atoms with Crippen molar-refractivity contribution in [3.63, 3.8) is 0 Å². The maximum atomic E-state index is 14.2. The molecule has 1 atom stereocenters. The van der Waals surface area contributed by atoms with Crippen LogP contribution in [-0.2, 0) is 4.79 Å². The molecule has 0 spiro atoms. The Morgan fingerprint density at radius 2 is 1.95 bits per heavy atom. The number of quaternary nitrogens is 1. The summed E-state index contributed by atoms with van der Waals surface area (Å²) in [7, 11) is 0. The zero-order valence-electron chi connectivity index (χ0n) is 21.7. The number of nitrogens with two attached hydrogens (primary N) is 1. The molecular formula is C28H35FN7O2+. The molecule has 5 N–H and O–H groups in total. The fourth-order valence-corrected chi connectivity index (χ4v) is 5.74. The molecule has 9 nitrogen and oxygen atoms in total. The van der Waals surface area contributed by atoms with Gasteiger partial charge in [0, 0.05) is 42.9 Å². The minimum atomic E-state index is -0.414. The third-order valence-electron chi connectivity index (χ3n) is 7.69. The molecule has 1 amide bonds. The summed E-state index contributed by atoms with van der Waals surface area (Å²) in [4.78, 5) is 35.9. The highest BCUT2D eigenvalue weighted by Crippen LogP contribution is 2.29. The number of halogens is 1. The number of piperidine rings is 1. The standard InChI is InChI=1S/C28H34FN7O2/c1-19-3-2-4-26(32-19)36-25-15-22(29)5-6-24(25)35(28(36)38)23-10-14-34(18-23)27(37)21-8-12-33(13-9-21)17-20(16-31)7-11-30/h2-7,11,15-16,21,23H,8-10,12-14,17-18,30-31H2,1H3/p+1. The molecule has 200 valence electrons. The minimum Gasteiger partial charge on any atom is -0.405 e. The van der Waals surface area contributed by atoms with Crippen LogP contribution in [-0.4, -0.2) is 62.5 Å². The quantitative estimate of drug-likeness (QED) is 0.480. The minimum absolute atomic E-state index is 0.0223. The highest BCUT2D eigenvalue weighted by molar-refractivity contribution is 5.80. The van der Waals surface area contributed by atoms with Crippen molar-refractivity contribution in [2.24, 2.45) is 11.7 Å². The highest BCUT2D eigenvalue weighted by atomic mass is 19.1. The third-order valence-corrected chi connectivity index (χ3v) is 7.69. The van der Waals surface area contributed by atoms with Crippen LogP contribution in [0.15, 0.2) is 65.2 Å². The molecule has 2 aliphatic rings. The lowest BCUT2D eigenvalue weighted by Gasteiger charge is -2.33. The molecule has 1 unspecified atom stereocenters. The van der Waals surface area contributed by atoms with Gasteiger partial charge in [0.1, 0.15) is 11.6 Å². The number of rotatable bonds is 6. The van der Waals surface area contributed by atoms with Gasteiger partial charge in [-0.05, 0) is 75.8 Å². The number of pyridine rings is 1. The first-order valence-corrected chi connectivity index (χ1v) is 13.1. The first-order chi connectivity index (χ1) is 18.4. The fraction of sp³-hybridized carbons (Fsp3) is 0.393. The predicted molar refractivity (Wildman–Crippen MR) is 144 cm³/mol. The van der Waals surface area contributed by atoms with E-state index in [9.17, 15) is 14.0 Å². The second kappa shape index (κ2) is 10.9. The maximum Gasteiger partial charge on any atom is 0.335 e. The molecule has 10 heteroatoms. The van der Waals surface area contributed by atoms with Crippen molar-refractivity contribution in [2.45, 2.75) is 32.2 Å². The monoisotopic (exact) mass is 520 g/mol. The fourth-order valence-electron chi connectivity index (χ4n) is 5.74. The van der Waals surface area contributed by atoms with Crippen molar-refractivity contribution in [2.75, 3.05) is 32.7 Å². The lowest BCUT2D eigenvalue weighted by atomic mass is 9.95. The van der Waals surface area contributed by atoms with Crippen molar-refractivity contribution in [3.8, 4) is 5.82 Å². The molecule has 4 heterocycles. The molecule has 0 radical (unpaired) electrons. The first kappa shape index (κ1) is 25.9. The molecular weight excluding hydrogens is 485 g/mol. The number of imidazole rings is 1. The number of hydrogen-bond acceptors (Lipinski definition) is 5. The van der Waals surface area contributed by atoms with E-state index >= 15 is 0 Å². The Balaban J connectivity index is 1.33. The molecule has 0 aliphatic carbocycles. The Morgan fingerprint density at radius 1 is 1.16 bits per heavy atom. The van der Waals surface area contributed by atoms with E-state index < -0.39 is 5.82 Å². The largest absolute Gasteiger partial charge is 0.405 e. The number of likely N-dealkylation sites (tertiary alicyclic amines) is 2. The zero-order chi connectivity index (χ0) is 26.8. The van der Waals surface area contributed by atoms with Gasteiger partial charge in [0.15, 0.2) is 0 Å². The Morgan fingerprint density at radius 3 is 2.66 bits per heavy atom. The number of carbonyl (C=O) groups excluding carboxylic acids is 1. The van der Waals surface area contributed by atoms with Crippen LogP contribution in [0, 0.1) is 18.7 Å². The highest BCUT2D eigenvalue weighted by Gasteiger charge is 2.35. The second-order valence-electron chi connectivity index (χ2n) is 10.2. The van der Waals surface area contributed by atoms with Crippen LogP contribution in [0.25, 0.3) is 16.9 Å². The molecule has 0 saturated carbocycles. The summed E-state index contributed by atoms with van der Waals surface area (Å²) in [5.41, 5.74) is 12.0. The molecule has 38 heavy (non-hydrogen) atoms. The number of aryl methyl sites for hydroxylation is 1. The van der Waals surface area contributed by atoms with Gasteiger partial charge in [-0.3, -0.25) is 14.3 Å². The van der Waals surface area contributed by atoms with Gasteiger partial charge >= 0.3 is 5.69 Å². The normalized spacial score (nSPS) is 19.7. The van der Waals surface area contributed by atoms with E-state index in [1.54, 1.807) is 16.7 Å². The van der Waals surface area contributed by atoms with Gasteiger partial charge < -0.3 is 16.4 Å². The average Bonchev–Trinajstić information content (AvgIpc) is 3.50. The summed E-state index contributed by atoms with van der Waals surface area (Å²) in [5.74, 6) is 0.180. The molecule has 2 fully saturated rings. The van der Waals surface area contributed by atoms with E-state index in [4.69, 9.17) is 5.73 Å². The summed E-state index contributed by atoms with van der Waals surface area (Å²) in [6, 6.07) is 9.65. The van der Waals surface area contributed by atoms with Gasteiger partial charge in [-0.15, -0.1) is 0 Å². The topological polar surface area (TPSA) is 117 Å². The summed E-state index contributed by atoms with van der Waals surface area (Å²) >= 11 is 0. The van der Waals surface area contributed by atoms with E-state index in [2.05, 4.69) is 15.6 Å². The number of hydrogen-bond donors (Lipinski definition) is 2. The van der Waals surface area contributed by atoms with Crippen molar-refractivity contribution in [1.82, 2.24) is 23.9 Å². The van der Waals surface area contributed by atoms with Crippen LogP contribution in [0.3, 0.4) is 0 Å². The van der Waals surface area contributed by atoms with E-state index in [1.807, 2.05) is 36.2 Å². The van der Waals surface area contributed by atoms with Gasteiger partial charge in [-0.25, -0.2) is 18.7 Å².